The van der Waals surface area contributed by atoms with E-state index >= 15 is 0 Å². The molecule has 1 aromatic heterocycles. The summed E-state index contributed by atoms with van der Waals surface area (Å²) in [4.78, 5) is 5.59. The third-order valence-electron chi connectivity index (χ3n) is 4.85. The molecule has 0 aliphatic carbocycles. The van der Waals surface area contributed by atoms with Gasteiger partial charge in [0, 0.05) is 17.5 Å². The highest BCUT2D eigenvalue weighted by Crippen LogP contribution is 2.34. The van der Waals surface area contributed by atoms with E-state index < -0.39 is 0 Å². The van der Waals surface area contributed by atoms with Gasteiger partial charge in [0.25, 0.3) is 0 Å². The van der Waals surface area contributed by atoms with E-state index in [1.54, 1.807) is 31.8 Å². The van der Waals surface area contributed by atoms with Crippen LogP contribution in [0.4, 0.5) is 0 Å². The molecule has 1 aliphatic rings. The summed E-state index contributed by atoms with van der Waals surface area (Å²) in [6.07, 6.45) is 3.91. The fourth-order valence-electron chi connectivity index (χ4n) is 3.17. The monoisotopic (exact) mass is 439 g/mol. The standard InChI is InChI=1S/C23H25N3O4S/c1-4-5-10-24-23-26(25-13-16-6-8-21-22(11-16)30-15-29-21)19(14-31-23)18-12-17(27-2)7-9-20(18)28-3/h6-9,11-14H,4-5,10,15H2,1-3H3. The van der Waals surface area contributed by atoms with Gasteiger partial charge in [0.2, 0.25) is 11.6 Å². The molecule has 0 N–H and O–H groups in total. The van der Waals surface area contributed by atoms with Crippen LogP contribution >= 0.6 is 11.3 Å². The molecule has 0 saturated heterocycles. The molecule has 1 aliphatic heterocycles. The Balaban J connectivity index is 1.78. The third kappa shape index (κ3) is 4.59. The number of unbranched alkanes of at least 4 members (excludes halogenated alkanes) is 1. The van der Waals surface area contributed by atoms with Crippen molar-refractivity contribution in [2.24, 2.45) is 10.1 Å². The van der Waals surface area contributed by atoms with Crippen molar-refractivity contribution in [3.8, 4) is 34.3 Å². The lowest BCUT2D eigenvalue weighted by Crippen LogP contribution is -2.13. The zero-order valence-corrected chi connectivity index (χ0v) is 18.6. The number of thiazole rings is 1. The van der Waals surface area contributed by atoms with Crippen molar-refractivity contribution in [1.82, 2.24) is 4.68 Å². The Hall–Kier alpha value is -3.26. The highest BCUT2D eigenvalue weighted by Gasteiger charge is 2.15. The predicted molar refractivity (Wildman–Crippen MR) is 122 cm³/mol. The first-order valence-corrected chi connectivity index (χ1v) is 11.0. The number of nitrogens with zero attached hydrogens (tertiary/aromatic N) is 3. The van der Waals surface area contributed by atoms with Gasteiger partial charge in [-0.3, -0.25) is 4.99 Å². The summed E-state index contributed by atoms with van der Waals surface area (Å²) in [6, 6.07) is 11.5. The molecule has 2 aromatic carbocycles. The molecule has 3 aromatic rings. The van der Waals surface area contributed by atoms with E-state index in [1.165, 1.54) is 0 Å². The van der Waals surface area contributed by atoms with Gasteiger partial charge in [-0.25, -0.2) is 4.68 Å². The van der Waals surface area contributed by atoms with Gasteiger partial charge >= 0.3 is 0 Å². The molecule has 8 heteroatoms. The summed E-state index contributed by atoms with van der Waals surface area (Å²) in [5, 5.41) is 6.80. The average Bonchev–Trinajstić information content (AvgIpc) is 3.43. The minimum absolute atomic E-state index is 0.245. The van der Waals surface area contributed by atoms with Crippen molar-refractivity contribution < 1.29 is 18.9 Å². The second-order valence-corrected chi connectivity index (χ2v) is 7.71. The number of rotatable bonds is 8. The Bertz CT molecular complexity index is 1150. The van der Waals surface area contributed by atoms with E-state index in [0.717, 1.165) is 64.0 Å². The van der Waals surface area contributed by atoms with Crippen LogP contribution in [0.15, 0.2) is 51.9 Å². The maximum atomic E-state index is 5.60. The Labute approximate surface area is 185 Å². The van der Waals surface area contributed by atoms with Gasteiger partial charge in [-0.1, -0.05) is 13.3 Å². The molecular formula is C23H25N3O4S. The second-order valence-electron chi connectivity index (χ2n) is 6.87. The highest BCUT2D eigenvalue weighted by molar-refractivity contribution is 7.07. The number of fused-ring (bicyclic) bond motifs is 1. The molecule has 2 heterocycles. The first-order valence-electron chi connectivity index (χ1n) is 10.1. The maximum absolute atomic E-state index is 5.60. The van der Waals surface area contributed by atoms with Gasteiger partial charge in [-0.05, 0) is 48.4 Å². The normalized spacial score (nSPS) is 13.2. The fourth-order valence-corrected chi connectivity index (χ4v) is 4.02. The van der Waals surface area contributed by atoms with E-state index in [1.807, 2.05) is 46.5 Å². The number of hydrogen-bond acceptors (Lipinski definition) is 7. The number of methoxy groups -OCH3 is 2. The molecule has 0 spiro atoms. The Morgan fingerprint density at radius 2 is 1.97 bits per heavy atom. The largest absolute Gasteiger partial charge is 0.497 e. The van der Waals surface area contributed by atoms with Crippen molar-refractivity contribution in [2.45, 2.75) is 19.8 Å². The topological polar surface area (TPSA) is 66.6 Å². The van der Waals surface area contributed by atoms with Gasteiger partial charge in [0.15, 0.2) is 11.5 Å². The van der Waals surface area contributed by atoms with Crippen molar-refractivity contribution >= 4 is 17.6 Å². The van der Waals surface area contributed by atoms with Crippen LogP contribution in [-0.2, 0) is 0 Å². The smallest absolute Gasteiger partial charge is 0.231 e. The molecule has 0 unspecified atom stereocenters. The second kappa shape index (κ2) is 9.70. The zero-order valence-electron chi connectivity index (χ0n) is 17.8. The molecule has 0 radical (unpaired) electrons. The van der Waals surface area contributed by atoms with E-state index in [9.17, 15) is 0 Å². The summed E-state index contributed by atoms with van der Waals surface area (Å²) in [7, 11) is 3.31. The van der Waals surface area contributed by atoms with Gasteiger partial charge in [-0.15, -0.1) is 11.3 Å². The molecule has 0 amide bonds. The quantitative estimate of drug-likeness (QED) is 0.382. The molecule has 162 valence electrons. The van der Waals surface area contributed by atoms with Gasteiger partial charge < -0.3 is 18.9 Å². The molecule has 4 rings (SSSR count). The number of benzene rings is 2. The van der Waals surface area contributed by atoms with Crippen LogP contribution in [0.1, 0.15) is 25.3 Å². The van der Waals surface area contributed by atoms with E-state index in [-0.39, 0.29) is 6.79 Å². The van der Waals surface area contributed by atoms with Crippen molar-refractivity contribution in [3.63, 3.8) is 0 Å². The number of ether oxygens (including phenoxy) is 4. The van der Waals surface area contributed by atoms with Crippen LogP contribution in [0, 0.1) is 0 Å². The first-order chi connectivity index (χ1) is 15.2. The van der Waals surface area contributed by atoms with Gasteiger partial charge in [0.1, 0.15) is 11.5 Å². The summed E-state index contributed by atoms with van der Waals surface area (Å²) in [5.41, 5.74) is 2.68. The molecular weight excluding hydrogens is 414 g/mol. The lowest BCUT2D eigenvalue weighted by Gasteiger charge is -2.11. The first kappa shape index (κ1) is 21.0. The van der Waals surface area contributed by atoms with Crippen LogP contribution < -0.4 is 23.7 Å². The van der Waals surface area contributed by atoms with E-state index in [2.05, 4.69) is 6.92 Å². The van der Waals surface area contributed by atoms with Crippen LogP contribution in [0.5, 0.6) is 23.0 Å². The molecule has 0 bridgehead atoms. The molecule has 7 nitrogen and oxygen atoms in total. The lowest BCUT2D eigenvalue weighted by atomic mass is 10.1. The van der Waals surface area contributed by atoms with Crippen molar-refractivity contribution in [1.29, 1.82) is 0 Å². The minimum Gasteiger partial charge on any atom is -0.497 e. The average molecular weight is 440 g/mol. The maximum Gasteiger partial charge on any atom is 0.231 e. The SMILES string of the molecule is CCCCN=c1scc(-c2cc(OC)ccc2OC)n1N=Cc1ccc2c(c1)OCO2. The van der Waals surface area contributed by atoms with Crippen LogP contribution in [0.25, 0.3) is 11.3 Å². The summed E-state index contributed by atoms with van der Waals surface area (Å²) < 4.78 is 23.7. The summed E-state index contributed by atoms with van der Waals surface area (Å²) in [6.45, 7) is 3.16. The molecule has 31 heavy (non-hydrogen) atoms. The number of hydrogen-bond donors (Lipinski definition) is 0. The Morgan fingerprint density at radius 1 is 1.10 bits per heavy atom. The van der Waals surface area contributed by atoms with E-state index in [4.69, 9.17) is 29.0 Å². The number of aromatic nitrogens is 1. The van der Waals surface area contributed by atoms with Crippen LogP contribution in [0.3, 0.4) is 0 Å². The summed E-state index contributed by atoms with van der Waals surface area (Å²) in [5.74, 6) is 2.96. The van der Waals surface area contributed by atoms with Crippen molar-refractivity contribution in [2.75, 3.05) is 27.6 Å². The predicted octanol–water partition coefficient (Wildman–Crippen LogP) is 4.55. The fraction of sp³-hybridized carbons (Fsp3) is 0.304. The van der Waals surface area contributed by atoms with Crippen LogP contribution in [-0.4, -0.2) is 38.4 Å². The van der Waals surface area contributed by atoms with Crippen LogP contribution in [0.2, 0.25) is 0 Å². The van der Waals surface area contributed by atoms with E-state index in [0.29, 0.717) is 0 Å². The lowest BCUT2D eigenvalue weighted by molar-refractivity contribution is 0.174. The van der Waals surface area contributed by atoms with Gasteiger partial charge in [0.05, 0.1) is 26.1 Å². The third-order valence-corrected chi connectivity index (χ3v) is 5.70. The Morgan fingerprint density at radius 3 is 2.77 bits per heavy atom. The highest BCUT2D eigenvalue weighted by atomic mass is 32.1. The molecule has 0 atom stereocenters. The summed E-state index contributed by atoms with van der Waals surface area (Å²) >= 11 is 1.55. The molecule has 0 saturated carbocycles. The van der Waals surface area contributed by atoms with Gasteiger partial charge in [-0.2, -0.15) is 5.10 Å². The van der Waals surface area contributed by atoms with Crippen molar-refractivity contribution in [3.05, 3.63) is 52.1 Å². The minimum atomic E-state index is 0.245. The zero-order chi connectivity index (χ0) is 21.6. The Kier molecular flexibility index (Phi) is 6.57. The molecule has 0 fully saturated rings.